The summed E-state index contributed by atoms with van der Waals surface area (Å²) in [6.07, 6.45) is 4.53. The molecule has 0 aliphatic carbocycles. The summed E-state index contributed by atoms with van der Waals surface area (Å²) in [6.45, 7) is 8.77. The predicted molar refractivity (Wildman–Crippen MR) is 134 cm³/mol. The molecule has 0 aliphatic heterocycles. The largest absolute Gasteiger partial charge is 0.0795 e. The Labute approximate surface area is 179 Å². The number of hydrogen-bond acceptors (Lipinski definition) is 0. The van der Waals surface area contributed by atoms with Crippen LogP contribution in [0.1, 0.15) is 38.8 Å². The van der Waals surface area contributed by atoms with Crippen molar-refractivity contribution < 1.29 is 0 Å². The highest BCUT2D eigenvalue weighted by molar-refractivity contribution is 5.90. The lowest BCUT2D eigenvalue weighted by atomic mass is 9.92. The van der Waals surface area contributed by atoms with Crippen LogP contribution < -0.4 is 0 Å². The van der Waals surface area contributed by atoms with Crippen molar-refractivity contribution >= 4 is 32.7 Å². The maximum Gasteiger partial charge on any atom is -0.0178 e. The summed E-state index contributed by atoms with van der Waals surface area (Å²) in [7, 11) is 0. The van der Waals surface area contributed by atoms with Gasteiger partial charge in [-0.25, -0.2) is 0 Å². The lowest BCUT2D eigenvalue weighted by Gasteiger charge is -2.13. The first-order chi connectivity index (χ1) is 14.6. The predicted octanol–water partition coefficient (Wildman–Crippen LogP) is 8.84. The van der Waals surface area contributed by atoms with Gasteiger partial charge in [0.15, 0.2) is 0 Å². The molecular formula is C30H28. The first-order valence-corrected chi connectivity index (χ1v) is 10.6. The monoisotopic (exact) mass is 388 g/mol. The van der Waals surface area contributed by atoms with E-state index in [1.165, 1.54) is 55.0 Å². The molecule has 4 rings (SSSR count). The van der Waals surface area contributed by atoms with Gasteiger partial charge in [0.1, 0.15) is 0 Å². The Kier molecular flexibility index (Phi) is 5.68. The molecule has 0 aromatic heterocycles. The molecule has 0 saturated carbocycles. The van der Waals surface area contributed by atoms with Gasteiger partial charge in [-0.05, 0) is 94.8 Å². The number of fused-ring (bicyclic) bond motifs is 2. The van der Waals surface area contributed by atoms with Gasteiger partial charge in [-0.1, -0.05) is 84.9 Å². The molecule has 0 N–H and O–H groups in total. The average Bonchev–Trinajstić information content (AvgIpc) is 2.79. The lowest BCUT2D eigenvalue weighted by molar-refractivity contribution is 1.37. The molecule has 0 saturated heterocycles. The molecule has 0 radical (unpaired) electrons. The van der Waals surface area contributed by atoms with Gasteiger partial charge in [0.2, 0.25) is 0 Å². The molecule has 4 aromatic carbocycles. The molecule has 0 spiro atoms. The Hall–Kier alpha value is -3.38. The highest BCUT2D eigenvalue weighted by atomic mass is 14.1. The van der Waals surface area contributed by atoms with Gasteiger partial charge in [0, 0.05) is 0 Å². The van der Waals surface area contributed by atoms with Crippen molar-refractivity contribution in [3.8, 4) is 0 Å². The van der Waals surface area contributed by atoms with E-state index in [0.717, 1.165) is 0 Å². The van der Waals surface area contributed by atoms with Crippen LogP contribution in [-0.4, -0.2) is 0 Å². The Morgan fingerprint density at radius 2 is 1.10 bits per heavy atom. The Morgan fingerprint density at radius 3 is 1.67 bits per heavy atom. The van der Waals surface area contributed by atoms with Crippen LogP contribution in [-0.2, 0) is 0 Å². The molecule has 30 heavy (non-hydrogen) atoms. The van der Waals surface area contributed by atoms with E-state index in [2.05, 4.69) is 125 Å². The van der Waals surface area contributed by atoms with Crippen LogP contribution in [0.4, 0.5) is 0 Å². The topological polar surface area (TPSA) is 0 Å². The molecule has 148 valence electrons. The summed E-state index contributed by atoms with van der Waals surface area (Å²) < 4.78 is 0. The van der Waals surface area contributed by atoms with Crippen molar-refractivity contribution in [3.05, 3.63) is 119 Å². The average molecular weight is 389 g/mol. The Bertz CT molecular complexity index is 1310. The van der Waals surface area contributed by atoms with Crippen LogP contribution in [0.5, 0.6) is 0 Å². The fourth-order valence-electron chi connectivity index (χ4n) is 4.12. The second kappa shape index (κ2) is 8.55. The van der Waals surface area contributed by atoms with E-state index in [1.54, 1.807) is 0 Å². The fraction of sp³-hybridized carbons (Fsp3) is 0.133. The molecule has 0 unspecified atom stereocenters. The molecule has 0 nitrogen and oxygen atoms in total. The zero-order valence-electron chi connectivity index (χ0n) is 18.2. The molecule has 0 heteroatoms. The van der Waals surface area contributed by atoms with Crippen molar-refractivity contribution in [2.75, 3.05) is 0 Å². The van der Waals surface area contributed by atoms with E-state index >= 15 is 0 Å². The van der Waals surface area contributed by atoms with Crippen LogP contribution >= 0.6 is 0 Å². The minimum absolute atomic E-state index is 1.27. The molecule has 0 bridgehead atoms. The van der Waals surface area contributed by atoms with Crippen LogP contribution in [0.25, 0.3) is 32.7 Å². The summed E-state index contributed by atoms with van der Waals surface area (Å²) >= 11 is 0. The van der Waals surface area contributed by atoms with Gasteiger partial charge in [0.05, 0.1) is 0 Å². The van der Waals surface area contributed by atoms with Gasteiger partial charge < -0.3 is 0 Å². The van der Waals surface area contributed by atoms with E-state index in [-0.39, 0.29) is 0 Å². The maximum absolute atomic E-state index is 2.31. The second-order valence-electron chi connectivity index (χ2n) is 7.96. The molecule has 4 aromatic rings. The van der Waals surface area contributed by atoms with Crippen LogP contribution in [0, 0.1) is 0 Å². The first kappa shape index (κ1) is 19.9. The van der Waals surface area contributed by atoms with Gasteiger partial charge in [-0.3, -0.25) is 0 Å². The molecule has 0 heterocycles. The molecular weight excluding hydrogens is 360 g/mol. The van der Waals surface area contributed by atoms with Crippen molar-refractivity contribution in [1.29, 1.82) is 0 Å². The normalized spacial score (nSPS) is 13.6. The standard InChI is InChI=1S/C30H28/c1-5-30(29-17-15-25-11-7-9-13-28(25)20-29)23(4)21(2)18-22(3)26-16-14-24-10-6-8-12-27(24)19-26/h5-20H,1-4H3/b22-18+,23-21+,30-5+. The Morgan fingerprint density at radius 1 is 0.600 bits per heavy atom. The minimum Gasteiger partial charge on any atom is -0.0795 e. The summed E-state index contributed by atoms with van der Waals surface area (Å²) in [4.78, 5) is 0. The van der Waals surface area contributed by atoms with E-state index in [4.69, 9.17) is 0 Å². The summed E-state index contributed by atoms with van der Waals surface area (Å²) in [5, 5.41) is 5.13. The van der Waals surface area contributed by atoms with Gasteiger partial charge in [0.25, 0.3) is 0 Å². The number of rotatable bonds is 4. The summed E-state index contributed by atoms with van der Waals surface area (Å²) in [5.41, 5.74) is 7.72. The van der Waals surface area contributed by atoms with E-state index in [9.17, 15) is 0 Å². The fourth-order valence-corrected chi connectivity index (χ4v) is 4.12. The molecule has 0 fully saturated rings. The Balaban J connectivity index is 1.70. The number of benzene rings is 4. The van der Waals surface area contributed by atoms with Gasteiger partial charge >= 0.3 is 0 Å². The third kappa shape index (κ3) is 4.00. The van der Waals surface area contributed by atoms with Crippen LogP contribution in [0.15, 0.2) is 108 Å². The summed E-state index contributed by atoms with van der Waals surface area (Å²) in [5.74, 6) is 0. The van der Waals surface area contributed by atoms with Crippen molar-refractivity contribution in [2.45, 2.75) is 27.7 Å². The van der Waals surface area contributed by atoms with Crippen LogP contribution in [0.2, 0.25) is 0 Å². The van der Waals surface area contributed by atoms with Crippen molar-refractivity contribution in [3.63, 3.8) is 0 Å². The molecule has 0 aliphatic rings. The second-order valence-corrected chi connectivity index (χ2v) is 7.96. The highest BCUT2D eigenvalue weighted by Crippen LogP contribution is 2.30. The van der Waals surface area contributed by atoms with Crippen molar-refractivity contribution in [2.24, 2.45) is 0 Å². The SMILES string of the molecule is C\C=C(/C(C)=C(C)/C=C(\C)c1ccc2ccccc2c1)c1ccc2ccccc2c1. The molecule has 0 atom stereocenters. The third-order valence-electron chi connectivity index (χ3n) is 5.98. The minimum atomic E-state index is 1.27. The van der Waals surface area contributed by atoms with Crippen LogP contribution in [0.3, 0.4) is 0 Å². The highest BCUT2D eigenvalue weighted by Gasteiger charge is 2.07. The smallest absolute Gasteiger partial charge is 0.0178 e. The van der Waals surface area contributed by atoms with E-state index < -0.39 is 0 Å². The quantitative estimate of drug-likeness (QED) is 0.306. The summed E-state index contributed by atoms with van der Waals surface area (Å²) in [6, 6.07) is 30.5. The van der Waals surface area contributed by atoms with Gasteiger partial charge in [-0.15, -0.1) is 0 Å². The number of hydrogen-bond donors (Lipinski definition) is 0. The zero-order chi connectivity index (χ0) is 21.1. The molecule has 0 amide bonds. The van der Waals surface area contributed by atoms with E-state index in [0.29, 0.717) is 0 Å². The maximum atomic E-state index is 2.31. The first-order valence-electron chi connectivity index (χ1n) is 10.6. The van der Waals surface area contributed by atoms with E-state index in [1.807, 2.05) is 0 Å². The van der Waals surface area contributed by atoms with Gasteiger partial charge in [-0.2, -0.15) is 0 Å². The zero-order valence-corrected chi connectivity index (χ0v) is 18.2. The number of allylic oxidation sites excluding steroid dienone is 6. The lowest BCUT2D eigenvalue weighted by Crippen LogP contribution is -1.91. The third-order valence-corrected chi connectivity index (χ3v) is 5.98. The van der Waals surface area contributed by atoms with Crippen molar-refractivity contribution in [1.82, 2.24) is 0 Å².